The SMILES string of the molecule is CCCN(Cc1ccsc1)S(=O)(=O)c1cc(C)c(C)cc1OC. The lowest BCUT2D eigenvalue weighted by atomic mass is 10.1. The first-order valence-corrected chi connectivity index (χ1v) is 9.95. The van der Waals surface area contributed by atoms with Crippen molar-refractivity contribution >= 4 is 21.4 Å². The lowest BCUT2D eigenvalue weighted by Crippen LogP contribution is -2.31. The highest BCUT2D eigenvalue weighted by Crippen LogP contribution is 2.30. The van der Waals surface area contributed by atoms with Crippen LogP contribution in [0.2, 0.25) is 0 Å². The van der Waals surface area contributed by atoms with Crippen LogP contribution in [0.3, 0.4) is 0 Å². The Morgan fingerprint density at radius 1 is 1.22 bits per heavy atom. The van der Waals surface area contributed by atoms with E-state index >= 15 is 0 Å². The maximum absolute atomic E-state index is 13.1. The molecule has 4 nitrogen and oxygen atoms in total. The normalized spacial score (nSPS) is 11.9. The van der Waals surface area contributed by atoms with Crippen LogP contribution in [0.5, 0.6) is 5.75 Å². The summed E-state index contributed by atoms with van der Waals surface area (Å²) in [5.41, 5.74) is 2.96. The molecule has 0 saturated carbocycles. The third kappa shape index (κ3) is 3.94. The maximum atomic E-state index is 13.1. The number of hydrogen-bond donors (Lipinski definition) is 0. The number of rotatable bonds is 7. The number of sulfonamides is 1. The van der Waals surface area contributed by atoms with Crippen molar-refractivity contribution in [2.24, 2.45) is 0 Å². The Morgan fingerprint density at radius 2 is 1.91 bits per heavy atom. The van der Waals surface area contributed by atoms with Crippen LogP contribution in [0.1, 0.15) is 30.0 Å². The zero-order chi connectivity index (χ0) is 17.0. The van der Waals surface area contributed by atoms with E-state index in [1.54, 1.807) is 23.5 Å². The molecule has 0 aliphatic carbocycles. The van der Waals surface area contributed by atoms with E-state index in [0.717, 1.165) is 23.1 Å². The fraction of sp³-hybridized carbons (Fsp3) is 0.412. The zero-order valence-corrected chi connectivity index (χ0v) is 15.6. The molecule has 1 heterocycles. The minimum atomic E-state index is -3.61. The molecule has 2 aromatic rings. The molecule has 0 N–H and O–H groups in total. The number of thiophene rings is 1. The molecular weight excluding hydrogens is 330 g/mol. The van der Waals surface area contributed by atoms with E-state index in [4.69, 9.17) is 4.74 Å². The second-order valence-corrected chi connectivity index (χ2v) is 8.24. The highest BCUT2D eigenvalue weighted by Gasteiger charge is 2.28. The van der Waals surface area contributed by atoms with E-state index in [-0.39, 0.29) is 4.90 Å². The summed E-state index contributed by atoms with van der Waals surface area (Å²) in [4.78, 5) is 0.242. The van der Waals surface area contributed by atoms with E-state index in [1.165, 1.54) is 11.4 Å². The summed E-state index contributed by atoms with van der Waals surface area (Å²) < 4.78 is 33.1. The third-order valence-corrected chi connectivity index (χ3v) is 6.41. The van der Waals surface area contributed by atoms with Crippen LogP contribution in [0, 0.1) is 13.8 Å². The first-order valence-electron chi connectivity index (χ1n) is 7.56. The number of benzene rings is 1. The minimum absolute atomic E-state index is 0.242. The largest absolute Gasteiger partial charge is 0.495 e. The third-order valence-electron chi connectivity index (χ3n) is 3.81. The first-order chi connectivity index (χ1) is 10.9. The number of nitrogens with zero attached hydrogens (tertiary/aromatic N) is 1. The number of aryl methyl sites for hydroxylation is 2. The molecule has 23 heavy (non-hydrogen) atoms. The van der Waals surface area contributed by atoms with Gasteiger partial charge >= 0.3 is 0 Å². The molecule has 0 saturated heterocycles. The van der Waals surface area contributed by atoms with E-state index in [0.29, 0.717) is 18.8 Å². The lowest BCUT2D eigenvalue weighted by molar-refractivity contribution is 0.385. The van der Waals surface area contributed by atoms with E-state index in [1.807, 2.05) is 37.6 Å². The molecule has 0 unspecified atom stereocenters. The Kier molecular flexibility index (Phi) is 5.84. The van der Waals surface area contributed by atoms with Crippen molar-refractivity contribution in [1.29, 1.82) is 0 Å². The fourth-order valence-corrected chi connectivity index (χ4v) is 4.79. The second kappa shape index (κ2) is 7.47. The molecule has 6 heteroatoms. The standard InChI is InChI=1S/C17H23NO3S2/c1-5-7-18(11-15-6-8-22-12-15)23(19,20)17-10-14(3)13(2)9-16(17)21-4/h6,8-10,12H,5,7,11H2,1-4H3. The Morgan fingerprint density at radius 3 is 2.48 bits per heavy atom. The van der Waals surface area contributed by atoms with Gasteiger partial charge in [0.1, 0.15) is 10.6 Å². The molecule has 0 aliphatic rings. The van der Waals surface area contributed by atoms with Crippen LogP contribution in [-0.2, 0) is 16.6 Å². The van der Waals surface area contributed by atoms with Crippen molar-refractivity contribution in [2.75, 3.05) is 13.7 Å². The van der Waals surface area contributed by atoms with Crippen molar-refractivity contribution in [3.05, 3.63) is 45.6 Å². The molecule has 0 atom stereocenters. The molecule has 0 fully saturated rings. The summed E-state index contributed by atoms with van der Waals surface area (Å²) in [7, 11) is -2.10. The van der Waals surface area contributed by atoms with E-state index < -0.39 is 10.0 Å². The number of methoxy groups -OCH3 is 1. The molecule has 0 spiro atoms. The van der Waals surface area contributed by atoms with Crippen LogP contribution in [0.25, 0.3) is 0 Å². The van der Waals surface area contributed by atoms with Crippen LogP contribution in [0.15, 0.2) is 33.9 Å². The van der Waals surface area contributed by atoms with Gasteiger partial charge in [-0.05, 0) is 65.9 Å². The molecule has 1 aromatic heterocycles. The molecule has 0 radical (unpaired) electrons. The van der Waals surface area contributed by atoms with Crippen LogP contribution in [-0.4, -0.2) is 26.4 Å². The van der Waals surface area contributed by atoms with Gasteiger partial charge in [0.25, 0.3) is 0 Å². The highest BCUT2D eigenvalue weighted by atomic mass is 32.2. The number of hydrogen-bond acceptors (Lipinski definition) is 4. The average Bonchev–Trinajstić information content (AvgIpc) is 3.02. The summed E-state index contributed by atoms with van der Waals surface area (Å²) in [5, 5.41) is 3.94. The van der Waals surface area contributed by atoms with Crippen molar-refractivity contribution in [1.82, 2.24) is 4.31 Å². The van der Waals surface area contributed by atoms with E-state index in [9.17, 15) is 8.42 Å². The van der Waals surface area contributed by atoms with Gasteiger partial charge in [0.05, 0.1) is 7.11 Å². The van der Waals surface area contributed by atoms with Gasteiger partial charge in [0.15, 0.2) is 0 Å². The molecule has 0 bridgehead atoms. The molecule has 1 aromatic carbocycles. The topological polar surface area (TPSA) is 46.6 Å². The average molecular weight is 354 g/mol. The fourth-order valence-electron chi connectivity index (χ4n) is 2.38. The van der Waals surface area contributed by atoms with Gasteiger partial charge in [0, 0.05) is 13.1 Å². The van der Waals surface area contributed by atoms with Crippen molar-refractivity contribution in [2.45, 2.75) is 38.6 Å². The van der Waals surface area contributed by atoms with Gasteiger partial charge in [-0.1, -0.05) is 6.92 Å². The highest BCUT2D eigenvalue weighted by molar-refractivity contribution is 7.89. The quantitative estimate of drug-likeness (QED) is 0.756. The van der Waals surface area contributed by atoms with Gasteiger partial charge in [-0.15, -0.1) is 0 Å². The van der Waals surface area contributed by atoms with Gasteiger partial charge in [-0.2, -0.15) is 15.6 Å². The molecule has 0 aliphatic heterocycles. The van der Waals surface area contributed by atoms with Gasteiger partial charge in [-0.25, -0.2) is 8.42 Å². The zero-order valence-electron chi connectivity index (χ0n) is 14.0. The first kappa shape index (κ1) is 18.0. The van der Waals surface area contributed by atoms with Gasteiger partial charge in [-0.3, -0.25) is 0 Å². The smallest absolute Gasteiger partial charge is 0.247 e. The molecule has 126 valence electrons. The monoisotopic (exact) mass is 353 g/mol. The van der Waals surface area contributed by atoms with Gasteiger partial charge < -0.3 is 4.74 Å². The Labute approximate surface area is 142 Å². The van der Waals surface area contributed by atoms with Crippen LogP contribution < -0.4 is 4.74 Å². The minimum Gasteiger partial charge on any atom is -0.495 e. The molecule has 2 rings (SSSR count). The molecule has 0 amide bonds. The Hall–Kier alpha value is -1.37. The summed E-state index contributed by atoms with van der Waals surface area (Å²) in [5.74, 6) is 0.402. The van der Waals surface area contributed by atoms with Gasteiger partial charge in [0.2, 0.25) is 10.0 Å². The number of ether oxygens (including phenoxy) is 1. The summed E-state index contributed by atoms with van der Waals surface area (Å²) in [6.07, 6.45) is 0.760. The predicted molar refractivity (Wildman–Crippen MR) is 94.7 cm³/mol. The van der Waals surface area contributed by atoms with Crippen LogP contribution in [0.4, 0.5) is 0 Å². The van der Waals surface area contributed by atoms with E-state index in [2.05, 4.69) is 0 Å². The Balaban J connectivity index is 2.47. The predicted octanol–water partition coefficient (Wildman–Crippen LogP) is 3.97. The summed E-state index contributed by atoms with van der Waals surface area (Å²) in [6.45, 7) is 6.71. The second-order valence-electron chi connectivity index (χ2n) is 5.56. The van der Waals surface area contributed by atoms with Crippen LogP contribution >= 0.6 is 11.3 Å². The summed E-state index contributed by atoms with van der Waals surface area (Å²) >= 11 is 1.57. The summed E-state index contributed by atoms with van der Waals surface area (Å²) in [6, 6.07) is 5.46. The Bertz CT molecular complexity index is 752. The van der Waals surface area contributed by atoms with Crippen molar-refractivity contribution < 1.29 is 13.2 Å². The lowest BCUT2D eigenvalue weighted by Gasteiger charge is -2.23. The maximum Gasteiger partial charge on any atom is 0.247 e. The van der Waals surface area contributed by atoms with Crippen molar-refractivity contribution in [3.63, 3.8) is 0 Å². The van der Waals surface area contributed by atoms with Crippen molar-refractivity contribution in [3.8, 4) is 5.75 Å². The molecular formula is C17H23NO3S2.